The van der Waals surface area contributed by atoms with Crippen LogP contribution in [0.15, 0.2) is 24.3 Å². The molecular weight excluding hydrogens is 302 g/mol. The number of rotatable bonds is 3. The minimum absolute atomic E-state index is 0.285. The Labute approximate surface area is 122 Å². The summed E-state index contributed by atoms with van der Waals surface area (Å²) in [6.45, 7) is 1.45. The van der Waals surface area contributed by atoms with Crippen LogP contribution in [0, 0.1) is 41.5 Å². The fraction of sp³-hybridized carbons (Fsp3) is 0.133. The summed E-state index contributed by atoms with van der Waals surface area (Å²) in [4.78, 5) is 4.01. The molecule has 0 saturated heterocycles. The average molecular weight is 311 g/mol. The third-order valence-corrected chi connectivity index (χ3v) is 3.07. The summed E-state index contributed by atoms with van der Waals surface area (Å²) < 4.78 is 55.0. The van der Waals surface area contributed by atoms with Crippen molar-refractivity contribution >= 4 is 0 Å². The summed E-state index contributed by atoms with van der Waals surface area (Å²) in [5.41, 5.74) is -1.63. The topological polar surface area (TPSA) is 53.2 Å². The van der Waals surface area contributed by atoms with Crippen LogP contribution in [0.1, 0.15) is 28.4 Å². The zero-order valence-electron chi connectivity index (χ0n) is 11.2. The maximum atomic E-state index is 13.9. The highest BCUT2D eigenvalue weighted by Crippen LogP contribution is 2.32. The second kappa shape index (κ2) is 6.13. The van der Waals surface area contributed by atoms with Crippen LogP contribution in [-0.4, -0.2) is 5.26 Å². The van der Waals surface area contributed by atoms with Gasteiger partial charge in [0, 0.05) is 0 Å². The van der Waals surface area contributed by atoms with E-state index in [2.05, 4.69) is 4.89 Å². The monoisotopic (exact) mass is 311 g/mol. The van der Waals surface area contributed by atoms with E-state index in [0.29, 0.717) is 12.1 Å². The molecule has 0 radical (unpaired) electrons. The number of hydrogen-bond acceptors (Lipinski definition) is 3. The molecule has 3 nitrogen and oxygen atoms in total. The van der Waals surface area contributed by atoms with E-state index in [4.69, 9.17) is 10.5 Å². The van der Waals surface area contributed by atoms with Gasteiger partial charge in [-0.25, -0.2) is 22.4 Å². The van der Waals surface area contributed by atoms with Crippen LogP contribution in [0.25, 0.3) is 0 Å². The molecule has 0 aliphatic rings. The molecule has 0 saturated carbocycles. The highest BCUT2D eigenvalue weighted by molar-refractivity contribution is 5.40. The molecule has 0 fully saturated rings. The van der Waals surface area contributed by atoms with Crippen molar-refractivity contribution in [1.29, 1.82) is 5.26 Å². The van der Waals surface area contributed by atoms with Gasteiger partial charge in [-0.05, 0) is 42.3 Å². The Kier molecular flexibility index (Phi) is 4.45. The van der Waals surface area contributed by atoms with Crippen LogP contribution in [0.4, 0.5) is 17.6 Å². The van der Waals surface area contributed by atoms with E-state index in [1.54, 1.807) is 0 Å². The van der Waals surface area contributed by atoms with Gasteiger partial charge in [0.15, 0.2) is 0 Å². The van der Waals surface area contributed by atoms with Crippen molar-refractivity contribution < 1.29 is 27.7 Å². The lowest BCUT2D eigenvalue weighted by molar-refractivity contribution is -0.271. The summed E-state index contributed by atoms with van der Waals surface area (Å²) in [5, 5.41) is 17.5. The highest BCUT2D eigenvalue weighted by atomic mass is 19.1. The molecule has 1 N–H and O–H groups in total. The summed E-state index contributed by atoms with van der Waals surface area (Å²) in [5.74, 6) is -4.54. The van der Waals surface area contributed by atoms with Gasteiger partial charge in [0.2, 0.25) is 0 Å². The zero-order valence-corrected chi connectivity index (χ0v) is 11.2. The van der Waals surface area contributed by atoms with E-state index in [-0.39, 0.29) is 11.1 Å². The van der Waals surface area contributed by atoms with Crippen molar-refractivity contribution in [3.8, 4) is 6.07 Å². The molecular formula is C15H9F4NO2. The lowest BCUT2D eigenvalue weighted by Gasteiger charge is -2.17. The molecule has 0 heterocycles. The van der Waals surface area contributed by atoms with Crippen molar-refractivity contribution in [2.45, 2.75) is 13.0 Å². The fourth-order valence-electron chi connectivity index (χ4n) is 2.09. The third-order valence-electron chi connectivity index (χ3n) is 3.07. The zero-order chi connectivity index (χ0) is 16.4. The van der Waals surface area contributed by atoms with Crippen LogP contribution in [0.3, 0.4) is 0 Å². The quantitative estimate of drug-likeness (QED) is 0.529. The van der Waals surface area contributed by atoms with Gasteiger partial charge in [0.05, 0.1) is 5.56 Å². The van der Waals surface area contributed by atoms with E-state index in [1.165, 1.54) is 13.0 Å². The lowest BCUT2D eigenvalue weighted by Crippen LogP contribution is -2.11. The van der Waals surface area contributed by atoms with Crippen molar-refractivity contribution in [1.82, 2.24) is 0 Å². The van der Waals surface area contributed by atoms with Crippen molar-refractivity contribution in [3.63, 3.8) is 0 Å². The Balaban J connectivity index is 2.62. The molecule has 1 unspecified atom stereocenters. The first-order valence-corrected chi connectivity index (χ1v) is 6.03. The average Bonchev–Trinajstić information content (AvgIpc) is 2.42. The van der Waals surface area contributed by atoms with Gasteiger partial charge in [-0.2, -0.15) is 5.26 Å². The largest absolute Gasteiger partial charge is 0.251 e. The molecule has 2 rings (SSSR count). The molecule has 0 aromatic heterocycles. The summed E-state index contributed by atoms with van der Waals surface area (Å²) in [6.07, 6.45) is -1.78. The predicted octanol–water partition coefficient (Wildman–Crippen LogP) is 4.00. The molecule has 0 aliphatic carbocycles. The Bertz CT molecular complexity index is 725. The Morgan fingerprint density at radius 1 is 1.00 bits per heavy atom. The van der Waals surface area contributed by atoms with E-state index in [0.717, 1.165) is 12.1 Å². The van der Waals surface area contributed by atoms with Gasteiger partial charge in [-0.3, -0.25) is 5.26 Å². The molecule has 1 atom stereocenters. The van der Waals surface area contributed by atoms with Crippen molar-refractivity contribution in [2.24, 2.45) is 0 Å². The van der Waals surface area contributed by atoms with Gasteiger partial charge < -0.3 is 0 Å². The minimum atomic E-state index is -1.78. The number of aryl methyl sites for hydroxylation is 1. The second-order valence-corrected chi connectivity index (χ2v) is 4.60. The number of halogens is 4. The third kappa shape index (κ3) is 2.79. The summed E-state index contributed by atoms with van der Waals surface area (Å²) >= 11 is 0. The summed E-state index contributed by atoms with van der Waals surface area (Å²) in [7, 11) is 0. The molecule has 0 amide bonds. The SMILES string of the molecule is Cc1cc(F)c(C(OO)c2cc(F)c(C#N)c(F)c2)c(F)c1. The number of benzene rings is 2. The maximum absolute atomic E-state index is 13.9. The highest BCUT2D eigenvalue weighted by Gasteiger charge is 2.26. The van der Waals surface area contributed by atoms with Crippen molar-refractivity contribution in [2.75, 3.05) is 0 Å². The first kappa shape index (κ1) is 15.9. The van der Waals surface area contributed by atoms with E-state index >= 15 is 0 Å². The Hall–Kier alpha value is -2.43. The van der Waals surface area contributed by atoms with E-state index < -0.39 is 40.5 Å². The second-order valence-electron chi connectivity index (χ2n) is 4.60. The van der Waals surface area contributed by atoms with Crippen LogP contribution >= 0.6 is 0 Å². The van der Waals surface area contributed by atoms with Gasteiger partial charge in [0.25, 0.3) is 0 Å². The molecule has 2 aromatic carbocycles. The predicted molar refractivity (Wildman–Crippen MR) is 67.7 cm³/mol. The van der Waals surface area contributed by atoms with Crippen LogP contribution in [-0.2, 0) is 4.89 Å². The standard InChI is InChI=1S/C15H9F4NO2/c1-7-2-12(18)14(13(19)3-7)15(22-21)8-4-10(16)9(6-20)11(17)5-8/h2-5,15,21H,1H3. The Morgan fingerprint density at radius 2 is 1.50 bits per heavy atom. The maximum Gasteiger partial charge on any atom is 0.149 e. The van der Waals surface area contributed by atoms with E-state index in [9.17, 15) is 17.6 Å². The van der Waals surface area contributed by atoms with Crippen LogP contribution < -0.4 is 0 Å². The molecule has 2 aromatic rings. The number of nitriles is 1. The smallest absolute Gasteiger partial charge is 0.149 e. The van der Waals surface area contributed by atoms with Gasteiger partial charge in [0.1, 0.15) is 41.0 Å². The summed E-state index contributed by atoms with van der Waals surface area (Å²) in [6, 6.07) is 4.63. The first-order chi connectivity index (χ1) is 10.4. The van der Waals surface area contributed by atoms with Gasteiger partial charge in [-0.15, -0.1) is 0 Å². The molecule has 7 heteroatoms. The number of nitrogens with zero attached hydrogens (tertiary/aromatic N) is 1. The lowest BCUT2D eigenvalue weighted by atomic mass is 9.98. The molecule has 0 spiro atoms. The number of hydrogen-bond donors (Lipinski definition) is 1. The van der Waals surface area contributed by atoms with Gasteiger partial charge >= 0.3 is 0 Å². The van der Waals surface area contributed by atoms with Crippen LogP contribution in [0.2, 0.25) is 0 Å². The normalized spacial score (nSPS) is 12.0. The minimum Gasteiger partial charge on any atom is -0.251 e. The molecule has 0 aliphatic heterocycles. The van der Waals surface area contributed by atoms with E-state index in [1.807, 2.05) is 0 Å². The van der Waals surface area contributed by atoms with Crippen molar-refractivity contribution in [3.05, 3.63) is 69.8 Å². The molecule has 114 valence electrons. The first-order valence-electron chi connectivity index (χ1n) is 6.03. The van der Waals surface area contributed by atoms with Gasteiger partial charge in [-0.1, -0.05) is 0 Å². The Morgan fingerprint density at radius 3 is 1.91 bits per heavy atom. The molecule has 0 bridgehead atoms. The fourth-order valence-corrected chi connectivity index (χ4v) is 2.09. The molecule has 22 heavy (non-hydrogen) atoms. The van der Waals surface area contributed by atoms with Crippen LogP contribution in [0.5, 0.6) is 0 Å².